The monoisotopic (exact) mass is 1040 g/mol. The standard InChI is InChI=1S/2C27H26N4O5S/c2*1-16-11-21(37(34,35)20-10-5-7-17(12-20)27(33)31(2)3)14-22-24(16)29-15-23(26(28)32)25(22)30-18-8-6-9-19(13-18)36-4/h2*5-15H,1-4H3,(H2,28,32)(H,29,30). The molecule has 2 heterocycles. The van der Waals surface area contributed by atoms with Gasteiger partial charge in [-0.1, -0.05) is 24.3 Å². The van der Waals surface area contributed by atoms with Crippen LogP contribution in [0.2, 0.25) is 0 Å². The van der Waals surface area contributed by atoms with Crippen molar-refractivity contribution in [2.75, 3.05) is 53.0 Å². The predicted molar refractivity (Wildman–Crippen MR) is 282 cm³/mol. The molecule has 6 N–H and O–H groups in total. The second-order valence-corrected chi connectivity index (χ2v) is 21.2. The Balaban J connectivity index is 0.000000216. The number of nitrogens with zero attached hydrogens (tertiary/aromatic N) is 4. The number of anilines is 4. The van der Waals surface area contributed by atoms with Crippen LogP contribution in [0.5, 0.6) is 11.5 Å². The van der Waals surface area contributed by atoms with Gasteiger partial charge in [0.05, 0.1) is 67.3 Å². The molecule has 0 atom stereocenters. The number of carbonyl (C=O) groups excluding carboxylic acids is 4. The summed E-state index contributed by atoms with van der Waals surface area (Å²) in [5, 5.41) is 7.18. The topological polar surface area (TPSA) is 263 Å². The number of amides is 4. The zero-order valence-corrected chi connectivity index (χ0v) is 43.2. The number of hydrogen-bond acceptors (Lipinski definition) is 14. The number of carbonyl (C=O) groups is 4. The lowest BCUT2D eigenvalue weighted by Gasteiger charge is -2.16. The largest absolute Gasteiger partial charge is 0.497 e. The Morgan fingerprint density at radius 1 is 0.500 bits per heavy atom. The fourth-order valence-corrected chi connectivity index (χ4v) is 10.8. The third-order valence-corrected chi connectivity index (χ3v) is 15.2. The number of nitrogens with two attached hydrogens (primary N) is 2. The van der Waals surface area contributed by atoms with Crippen LogP contribution >= 0.6 is 0 Å². The van der Waals surface area contributed by atoms with Crippen molar-refractivity contribution in [2.45, 2.75) is 33.4 Å². The van der Waals surface area contributed by atoms with Crippen molar-refractivity contribution >= 4 is 87.9 Å². The summed E-state index contributed by atoms with van der Waals surface area (Å²) in [6, 6.07) is 31.8. The molecular formula is C54H52N8O10S2. The molecule has 8 aromatic rings. The van der Waals surface area contributed by atoms with Crippen molar-refractivity contribution in [3.8, 4) is 11.5 Å². The number of aromatic nitrogens is 2. The Hall–Kier alpha value is -8.88. The summed E-state index contributed by atoms with van der Waals surface area (Å²) < 4.78 is 65.3. The lowest BCUT2D eigenvalue weighted by Crippen LogP contribution is -2.21. The van der Waals surface area contributed by atoms with Crippen molar-refractivity contribution in [1.82, 2.24) is 19.8 Å². The highest BCUT2D eigenvalue weighted by atomic mass is 32.2. The molecule has 18 nitrogen and oxygen atoms in total. The van der Waals surface area contributed by atoms with Gasteiger partial charge in [-0.05, 0) is 110 Å². The summed E-state index contributed by atoms with van der Waals surface area (Å²) in [6.07, 6.45) is 2.73. The summed E-state index contributed by atoms with van der Waals surface area (Å²) in [6.45, 7) is 3.47. The zero-order valence-electron chi connectivity index (χ0n) is 41.5. The highest BCUT2D eigenvalue weighted by molar-refractivity contribution is 7.91. The third-order valence-electron chi connectivity index (χ3n) is 11.7. The molecular weight excluding hydrogens is 985 g/mol. The molecule has 0 saturated carbocycles. The minimum Gasteiger partial charge on any atom is -0.497 e. The van der Waals surface area contributed by atoms with Gasteiger partial charge >= 0.3 is 0 Å². The minimum absolute atomic E-state index is 0.0101. The maximum absolute atomic E-state index is 13.7. The summed E-state index contributed by atoms with van der Waals surface area (Å²) in [7, 11) is 1.39. The van der Waals surface area contributed by atoms with Gasteiger partial charge in [-0.15, -0.1) is 0 Å². The van der Waals surface area contributed by atoms with Crippen LogP contribution in [-0.4, -0.2) is 103 Å². The maximum Gasteiger partial charge on any atom is 0.253 e. The van der Waals surface area contributed by atoms with E-state index in [-0.39, 0.29) is 53.7 Å². The number of methoxy groups -OCH3 is 2. The van der Waals surface area contributed by atoms with Crippen LogP contribution in [0.25, 0.3) is 21.8 Å². The van der Waals surface area contributed by atoms with Crippen LogP contribution in [0.3, 0.4) is 0 Å². The number of hydrogen-bond donors (Lipinski definition) is 4. The first-order chi connectivity index (χ1) is 35.0. The van der Waals surface area contributed by atoms with Crippen LogP contribution < -0.4 is 31.6 Å². The van der Waals surface area contributed by atoms with Gasteiger partial charge in [0.1, 0.15) is 11.5 Å². The number of pyridine rings is 2. The van der Waals surface area contributed by atoms with Gasteiger partial charge in [-0.25, -0.2) is 16.8 Å². The Morgan fingerprint density at radius 3 is 1.20 bits per heavy atom. The Kier molecular flexibility index (Phi) is 15.3. The average molecular weight is 1040 g/mol. The Bertz CT molecular complexity index is 3540. The fraction of sp³-hybridized carbons (Fsp3) is 0.148. The smallest absolute Gasteiger partial charge is 0.253 e. The lowest BCUT2D eigenvalue weighted by atomic mass is 10.1. The molecule has 74 heavy (non-hydrogen) atoms. The summed E-state index contributed by atoms with van der Waals surface area (Å²) >= 11 is 0. The van der Waals surface area contributed by atoms with Crippen LogP contribution in [0.1, 0.15) is 52.6 Å². The fourth-order valence-electron chi connectivity index (χ4n) is 7.92. The third kappa shape index (κ3) is 11.0. The van der Waals surface area contributed by atoms with Gasteiger partial charge < -0.3 is 41.4 Å². The summed E-state index contributed by atoms with van der Waals surface area (Å²) in [5.74, 6) is -0.883. The molecule has 20 heteroatoms. The second kappa shape index (κ2) is 21.5. The number of fused-ring (bicyclic) bond motifs is 2. The van der Waals surface area contributed by atoms with E-state index in [1.807, 2.05) is 0 Å². The molecule has 0 saturated heterocycles. The molecule has 0 spiro atoms. The average Bonchev–Trinajstić information content (AvgIpc) is 3.38. The first-order valence-electron chi connectivity index (χ1n) is 22.5. The number of rotatable bonds is 14. The van der Waals surface area contributed by atoms with E-state index < -0.39 is 31.5 Å². The Morgan fingerprint density at radius 2 is 0.865 bits per heavy atom. The number of sulfone groups is 2. The van der Waals surface area contributed by atoms with Crippen molar-refractivity contribution in [2.24, 2.45) is 11.5 Å². The molecule has 0 radical (unpaired) electrons. The van der Waals surface area contributed by atoms with E-state index >= 15 is 0 Å². The molecule has 0 aliphatic heterocycles. The van der Waals surface area contributed by atoms with Gasteiger partial charge in [0, 0.05) is 86.0 Å². The van der Waals surface area contributed by atoms with Crippen molar-refractivity contribution < 1.29 is 45.5 Å². The number of ether oxygens (including phenoxy) is 2. The van der Waals surface area contributed by atoms with Crippen LogP contribution in [0.4, 0.5) is 22.7 Å². The molecule has 8 rings (SSSR count). The van der Waals surface area contributed by atoms with Gasteiger partial charge in [-0.2, -0.15) is 0 Å². The van der Waals surface area contributed by atoms with E-state index in [1.165, 1.54) is 97.1 Å². The number of aryl methyl sites for hydroxylation is 2. The van der Waals surface area contributed by atoms with E-state index in [4.69, 9.17) is 20.9 Å². The maximum atomic E-state index is 13.7. The summed E-state index contributed by atoms with van der Waals surface area (Å²) in [5.41, 5.74) is 16.0. The van der Waals surface area contributed by atoms with Crippen molar-refractivity contribution in [1.29, 1.82) is 0 Å². The Labute approximate surface area is 427 Å². The first kappa shape index (κ1) is 52.9. The van der Waals surface area contributed by atoms with Gasteiger partial charge in [-0.3, -0.25) is 29.1 Å². The zero-order chi connectivity index (χ0) is 53.8. The van der Waals surface area contributed by atoms with Crippen LogP contribution in [0.15, 0.2) is 153 Å². The second-order valence-electron chi connectivity index (χ2n) is 17.3. The normalized spacial score (nSPS) is 11.2. The van der Waals surface area contributed by atoms with Crippen LogP contribution in [-0.2, 0) is 19.7 Å². The SMILES string of the molecule is COc1cccc(Nc2c(C(N)=O)cnc3c(C)cc(S(=O)(=O)c4cccc(C(=O)N(C)C)c4)cc23)c1.COc1cccc(Nc2c(C(N)=O)cnc3c(C)cc(S(=O)(=O)c4cccc(C(=O)N(C)C)c4)cc23)c1. The van der Waals surface area contributed by atoms with E-state index in [0.717, 1.165) is 0 Å². The molecule has 0 unspecified atom stereocenters. The molecule has 2 aromatic heterocycles. The van der Waals surface area contributed by atoms with Gasteiger partial charge in [0.2, 0.25) is 19.7 Å². The summed E-state index contributed by atoms with van der Waals surface area (Å²) in [4.78, 5) is 60.8. The molecule has 4 amide bonds. The molecule has 0 aliphatic rings. The quantitative estimate of drug-likeness (QED) is 0.0808. The van der Waals surface area contributed by atoms with Crippen molar-refractivity contribution in [3.63, 3.8) is 0 Å². The van der Waals surface area contributed by atoms with Gasteiger partial charge in [0.25, 0.3) is 23.6 Å². The first-order valence-corrected chi connectivity index (χ1v) is 25.4. The molecule has 380 valence electrons. The van der Waals surface area contributed by atoms with E-state index in [1.54, 1.807) is 103 Å². The number of benzene rings is 6. The van der Waals surface area contributed by atoms with E-state index in [0.29, 0.717) is 67.2 Å². The molecule has 0 bridgehead atoms. The molecule has 6 aromatic carbocycles. The highest BCUT2D eigenvalue weighted by Crippen LogP contribution is 2.37. The number of nitrogens with one attached hydrogen (secondary N) is 2. The number of primary amides is 2. The predicted octanol–water partition coefficient (Wildman–Crippen LogP) is 7.86. The lowest BCUT2D eigenvalue weighted by molar-refractivity contribution is 0.0820. The van der Waals surface area contributed by atoms with E-state index in [9.17, 15) is 36.0 Å². The molecule has 0 aliphatic carbocycles. The van der Waals surface area contributed by atoms with Crippen LogP contribution in [0, 0.1) is 13.8 Å². The van der Waals surface area contributed by atoms with E-state index in [2.05, 4.69) is 20.6 Å². The molecule has 0 fully saturated rings. The highest BCUT2D eigenvalue weighted by Gasteiger charge is 2.26. The van der Waals surface area contributed by atoms with Gasteiger partial charge in [0.15, 0.2) is 0 Å². The van der Waals surface area contributed by atoms with Crippen molar-refractivity contribution in [3.05, 3.63) is 167 Å². The minimum atomic E-state index is -4.03.